The average Bonchev–Trinajstić information content (AvgIpc) is 2.73. The Morgan fingerprint density at radius 2 is 1.31 bits per heavy atom. The van der Waals surface area contributed by atoms with Gasteiger partial charge in [0.15, 0.2) is 0 Å². The third-order valence-electron chi connectivity index (χ3n) is 3.77. The summed E-state index contributed by atoms with van der Waals surface area (Å²) in [6.07, 6.45) is 4.36. The average molecular weight is 453 g/mol. The van der Waals surface area contributed by atoms with Crippen molar-refractivity contribution >= 4 is 29.8 Å². The minimum Gasteiger partial charge on any atom is -0.376 e. The van der Waals surface area contributed by atoms with Crippen LogP contribution in [0, 0.1) is 0 Å². The number of aliphatic imine (C=N–C) groups is 2. The molecule has 0 aliphatic heterocycles. The van der Waals surface area contributed by atoms with E-state index in [1.54, 1.807) is 0 Å². The Morgan fingerprint density at radius 1 is 0.828 bits per heavy atom. The third-order valence-corrected chi connectivity index (χ3v) is 9.98. The lowest BCUT2D eigenvalue weighted by Gasteiger charge is -2.28. The van der Waals surface area contributed by atoms with Crippen LogP contribution in [0.25, 0.3) is 0 Å². The van der Waals surface area contributed by atoms with Crippen molar-refractivity contribution < 1.29 is 36.1 Å². The first kappa shape index (κ1) is 30.1. The van der Waals surface area contributed by atoms with E-state index in [4.69, 9.17) is 26.6 Å². The normalized spacial score (nSPS) is 12.2. The van der Waals surface area contributed by atoms with Crippen molar-refractivity contribution in [3.05, 3.63) is 0 Å². The van der Waals surface area contributed by atoms with Crippen molar-refractivity contribution in [1.29, 1.82) is 0 Å². The number of isocyanates is 2. The summed E-state index contributed by atoms with van der Waals surface area (Å²) in [6.45, 7) is 9.81. The van der Waals surface area contributed by atoms with E-state index >= 15 is 0 Å². The molecule has 0 saturated carbocycles. The van der Waals surface area contributed by atoms with Crippen LogP contribution in [0.5, 0.6) is 0 Å². The fourth-order valence-corrected chi connectivity index (χ4v) is 7.18. The Morgan fingerprint density at radius 3 is 1.62 bits per heavy atom. The SMILES string of the molecule is CCC(N=C=O)[Si](OC)(OC)OC.CCO[Si](CCCN=C=O)(OCC)OCC. The van der Waals surface area contributed by atoms with E-state index in [0.717, 1.165) is 6.42 Å². The van der Waals surface area contributed by atoms with Crippen LogP contribution in [-0.4, -0.2) is 83.1 Å². The molecule has 0 aromatic heterocycles. The molecule has 0 amide bonds. The van der Waals surface area contributed by atoms with Crippen molar-refractivity contribution in [2.45, 2.75) is 52.2 Å². The van der Waals surface area contributed by atoms with Crippen molar-refractivity contribution in [3.8, 4) is 0 Å². The molecular formula is C17H36N2O8Si2. The number of rotatable bonds is 16. The number of carbonyl (C=O) groups excluding carboxylic acids is 2. The molecule has 0 spiro atoms. The highest BCUT2D eigenvalue weighted by Gasteiger charge is 2.47. The van der Waals surface area contributed by atoms with E-state index in [1.807, 2.05) is 27.7 Å². The summed E-state index contributed by atoms with van der Waals surface area (Å²) in [5.41, 5.74) is -0.370. The summed E-state index contributed by atoms with van der Waals surface area (Å²) in [4.78, 5) is 27.2. The molecule has 0 heterocycles. The predicted molar refractivity (Wildman–Crippen MR) is 112 cm³/mol. The van der Waals surface area contributed by atoms with Gasteiger partial charge in [0.25, 0.3) is 0 Å². The van der Waals surface area contributed by atoms with Crippen LogP contribution in [0.4, 0.5) is 0 Å². The van der Waals surface area contributed by atoms with Gasteiger partial charge < -0.3 is 26.6 Å². The largest absolute Gasteiger partial charge is 0.527 e. The zero-order valence-electron chi connectivity index (χ0n) is 18.7. The molecule has 1 atom stereocenters. The minimum absolute atomic E-state index is 0.370. The molecule has 0 N–H and O–H groups in total. The first-order valence-corrected chi connectivity index (χ1v) is 13.4. The Bertz CT molecular complexity index is 471. The lowest BCUT2D eigenvalue weighted by molar-refractivity contribution is 0.0710. The second-order valence-corrected chi connectivity index (χ2v) is 11.2. The van der Waals surface area contributed by atoms with Gasteiger partial charge in [-0.1, -0.05) is 6.92 Å². The van der Waals surface area contributed by atoms with E-state index in [-0.39, 0.29) is 5.67 Å². The summed E-state index contributed by atoms with van der Waals surface area (Å²) in [6, 6.07) is 0.688. The number of hydrogen-bond acceptors (Lipinski definition) is 10. The number of nitrogens with zero attached hydrogens (tertiary/aromatic N) is 2. The first-order chi connectivity index (χ1) is 13.9. The van der Waals surface area contributed by atoms with Gasteiger partial charge in [-0.15, -0.1) is 0 Å². The topological polar surface area (TPSA) is 114 Å². The standard InChI is InChI=1S/C10H21NO4Si.C7H15NO4Si/c1-4-13-16(14-5-2,15-6-3)9-7-8-11-10-12;1-5-7(8-6-9)13(10-2,11-3)12-4/h4-9H2,1-3H3;7H,5H2,1-4H3. The Kier molecular flexibility index (Phi) is 19.7. The molecule has 0 saturated heterocycles. The maximum absolute atomic E-state index is 10.1. The fraction of sp³-hybridized carbons (Fsp3) is 0.882. The first-order valence-electron chi connectivity index (χ1n) is 9.62. The Hall–Kier alpha value is -1.05. The molecular weight excluding hydrogens is 416 g/mol. The number of hydrogen-bond donors (Lipinski definition) is 0. The molecule has 0 radical (unpaired) electrons. The Balaban J connectivity index is 0. The van der Waals surface area contributed by atoms with E-state index in [9.17, 15) is 9.59 Å². The summed E-state index contributed by atoms with van der Waals surface area (Å²) in [7, 11) is -0.867. The van der Waals surface area contributed by atoms with Crippen LogP contribution >= 0.6 is 0 Å². The van der Waals surface area contributed by atoms with Crippen LogP contribution in [0.2, 0.25) is 6.04 Å². The molecule has 0 aromatic carbocycles. The van der Waals surface area contributed by atoms with E-state index in [0.29, 0.717) is 38.8 Å². The van der Waals surface area contributed by atoms with Crippen molar-refractivity contribution in [2.75, 3.05) is 47.7 Å². The molecule has 1 unspecified atom stereocenters. The molecule has 0 aromatic rings. The van der Waals surface area contributed by atoms with Gasteiger partial charge in [-0.05, 0) is 33.6 Å². The molecule has 0 bridgehead atoms. The molecule has 170 valence electrons. The van der Waals surface area contributed by atoms with Crippen LogP contribution < -0.4 is 0 Å². The van der Waals surface area contributed by atoms with Gasteiger partial charge >= 0.3 is 17.6 Å². The van der Waals surface area contributed by atoms with E-state index < -0.39 is 17.6 Å². The van der Waals surface area contributed by atoms with E-state index in [2.05, 4.69) is 9.98 Å². The smallest absolute Gasteiger partial charge is 0.376 e. The second-order valence-electron chi connectivity index (χ2n) is 5.42. The van der Waals surface area contributed by atoms with Gasteiger partial charge in [0.1, 0.15) is 5.67 Å². The van der Waals surface area contributed by atoms with Crippen LogP contribution in [0.3, 0.4) is 0 Å². The van der Waals surface area contributed by atoms with Crippen LogP contribution in [0.15, 0.2) is 9.98 Å². The summed E-state index contributed by atoms with van der Waals surface area (Å²) in [5.74, 6) is 0. The van der Waals surface area contributed by atoms with Gasteiger partial charge in [0.05, 0.1) is 6.54 Å². The van der Waals surface area contributed by atoms with Gasteiger partial charge in [0.2, 0.25) is 12.2 Å². The van der Waals surface area contributed by atoms with Gasteiger partial charge in [-0.2, -0.15) is 4.99 Å². The van der Waals surface area contributed by atoms with Crippen molar-refractivity contribution in [3.63, 3.8) is 0 Å². The summed E-state index contributed by atoms with van der Waals surface area (Å²) in [5, 5.41) is 0. The highest BCUT2D eigenvalue weighted by atomic mass is 28.4. The quantitative estimate of drug-likeness (QED) is 0.152. The second kappa shape index (κ2) is 18.9. The third kappa shape index (κ3) is 11.7. The molecule has 29 heavy (non-hydrogen) atoms. The van der Waals surface area contributed by atoms with Crippen LogP contribution in [0.1, 0.15) is 40.5 Å². The van der Waals surface area contributed by atoms with Crippen molar-refractivity contribution in [2.24, 2.45) is 9.98 Å². The summed E-state index contributed by atoms with van der Waals surface area (Å²) >= 11 is 0. The summed E-state index contributed by atoms with van der Waals surface area (Å²) < 4.78 is 32.4. The maximum Gasteiger partial charge on any atom is 0.527 e. The fourth-order valence-electron chi connectivity index (χ4n) is 2.56. The molecule has 0 fully saturated rings. The van der Waals surface area contributed by atoms with Gasteiger partial charge in [-0.3, -0.25) is 0 Å². The van der Waals surface area contributed by atoms with Crippen LogP contribution in [-0.2, 0) is 36.1 Å². The highest BCUT2D eigenvalue weighted by Crippen LogP contribution is 2.18. The van der Waals surface area contributed by atoms with Gasteiger partial charge in [-0.25, -0.2) is 14.6 Å². The molecule has 12 heteroatoms. The lowest BCUT2D eigenvalue weighted by Crippen LogP contribution is -2.53. The molecule has 10 nitrogen and oxygen atoms in total. The predicted octanol–water partition coefficient (Wildman–Crippen LogP) is 2.28. The highest BCUT2D eigenvalue weighted by molar-refractivity contribution is 6.62. The minimum atomic E-state index is -2.80. The zero-order valence-corrected chi connectivity index (χ0v) is 20.7. The maximum atomic E-state index is 10.1. The lowest BCUT2D eigenvalue weighted by atomic mass is 10.5. The molecule has 0 aliphatic rings. The Labute approximate surface area is 176 Å². The van der Waals surface area contributed by atoms with Gasteiger partial charge in [0, 0.05) is 47.2 Å². The molecule has 0 aliphatic carbocycles. The van der Waals surface area contributed by atoms with E-state index in [1.165, 1.54) is 33.5 Å². The monoisotopic (exact) mass is 452 g/mol. The van der Waals surface area contributed by atoms with Crippen molar-refractivity contribution in [1.82, 2.24) is 0 Å². The zero-order chi connectivity index (χ0) is 22.6. The molecule has 0 rings (SSSR count).